The molecular formula is C18H28N2O. The van der Waals surface area contributed by atoms with Crippen molar-refractivity contribution in [2.24, 2.45) is 11.7 Å². The monoisotopic (exact) mass is 288 g/mol. The summed E-state index contributed by atoms with van der Waals surface area (Å²) in [5.74, 6) is 0.798. The quantitative estimate of drug-likeness (QED) is 0.873. The summed E-state index contributed by atoms with van der Waals surface area (Å²) in [4.78, 5) is 14.4. The van der Waals surface area contributed by atoms with Gasteiger partial charge < -0.3 is 10.6 Å². The van der Waals surface area contributed by atoms with Crippen molar-refractivity contribution in [3.8, 4) is 0 Å². The molecule has 1 aliphatic rings. The van der Waals surface area contributed by atoms with Gasteiger partial charge in [0.2, 0.25) is 5.91 Å². The van der Waals surface area contributed by atoms with Gasteiger partial charge in [-0.1, -0.05) is 31.2 Å². The van der Waals surface area contributed by atoms with Gasteiger partial charge in [-0.05, 0) is 55.7 Å². The molecule has 0 aromatic heterocycles. The van der Waals surface area contributed by atoms with Gasteiger partial charge in [0.05, 0.1) is 6.04 Å². The minimum Gasteiger partial charge on any atom is -0.339 e. The summed E-state index contributed by atoms with van der Waals surface area (Å²) in [6, 6.07) is 8.81. The van der Waals surface area contributed by atoms with E-state index < -0.39 is 0 Å². The van der Waals surface area contributed by atoms with Crippen molar-refractivity contribution in [1.82, 2.24) is 4.90 Å². The zero-order chi connectivity index (χ0) is 15.2. The van der Waals surface area contributed by atoms with Gasteiger partial charge in [0.15, 0.2) is 0 Å². The Bertz CT molecular complexity index is 472. The molecule has 0 saturated heterocycles. The van der Waals surface area contributed by atoms with Crippen molar-refractivity contribution < 1.29 is 4.79 Å². The first-order valence-electron chi connectivity index (χ1n) is 8.17. The van der Waals surface area contributed by atoms with Crippen LogP contribution in [0.2, 0.25) is 0 Å². The highest BCUT2D eigenvalue weighted by molar-refractivity contribution is 5.76. The van der Waals surface area contributed by atoms with Crippen molar-refractivity contribution in [2.75, 3.05) is 13.6 Å². The zero-order valence-electron chi connectivity index (χ0n) is 13.3. The number of amides is 1. The summed E-state index contributed by atoms with van der Waals surface area (Å²) < 4.78 is 0. The van der Waals surface area contributed by atoms with E-state index in [1.165, 1.54) is 17.5 Å². The van der Waals surface area contributed by atoms with Gasteiger partial charge >= 0.3 is 0 Å². The smallest absolute Gasteiger partial charge is 0.222 e. The van der Waals surface area contributed by atoms with Crippen LogP contribution < -0.4 is 5.73 Å². The average Bonchev–Trinajstić information content (AvgIpc) is 2.51. The van der Waals surface area contributed by atoms with Crippen molar-refractivity contribution >= 4 is 5.91 Å². The maximum atomic E-state index is 12.5. The molecule has 0 saturated carbocycles. The third-order valence-electron chi connectivity index (χ3n) is 4.71. The highest BCUT2D eigenvalue weighted by atomic mass is 16.2. The van der Waals surface area contributed by atoms with E-state index in [1.54, 1.807) is 0 Å². The van der Waals surface area contributed by atoms with E-state index in [0.29, 0.717) is 18.9 Å². The van der Waals surface area contributed by atoms with E-state index in [2.05, 4.69) is 31.2 Å². The number of carbonyl (C=O) groups is 1. The van der Waals surface area contributed by atoms with Gasteiger partial charge in [0, 0.05) is 13.5 Å². The maximum Gasteiger partial charge on any atom is 0.222 e. The van der Waals surface area contributed by atoms with Crippen LogP contribution in [0.15, 0.2) is 24.3 Å². The van der Waals surface area contributed by atoms with Crippen LogP contribution in [-0.4, -0.2) is 24.4 Å². The molecule has 1 aromatic carbocycles. The molecule has 0 fully saturated rings. The molecule has 1 amide bonds. The van der Waals surface area contributed by atoms with Crippen LogP contribution in [0.1, 0.15) is 56.2 Å². The minimum atomic E-state index is 0.257. The van der Waals surface area contributed by atoms with Crippen molar-refractivity contribution in [3.05, 3.63) is 35.4 Å². The lowest BCUT2D eigenvalue weighted by molar-refractivity contribution is -0.132. The number of aryl methyl sites for hydroxylation is 1. The second-order valence-electron chi connectivity index (χ2n) is 6.33. The molecule has 21 heavy (non-hydrogen) atoms. The number of rotatable bonds is 6. The Kier molecular flexibility index (Phi) is 5.80. The lowest BCUT2D eigenvalue weighted by Crippen LogP contribution is -2.33. The van der Waals surface area contributed by atoms with Gasteiger partial charge in [-0.25, -0.2) is 0 Å². The van der Waals surface area contributed by atoms with Gasteiger partial charge in [-0.3, -0.25) is 4.79 Å². The largest absolute Gasteiger partial charge is 0.339 e. The summed E-state index contributed by atoms with van der Waals surface area (Å²) in [7, 11) is 1.96. The second-order valence-corrected chi connectivity index (χ2v) is 6.33. The zero-order valence-corrected chi connectivity index (χ0v) is 13.3. The number of fused-ring (bicyclic) bond motifs is 1. The Labute approximate surface area is 128 Å². The van der Waals surface area contributed by atoms with E-state index in [1.807, 2.05) is 11.9 Å². The van der Waals surface area contributed by atoms with Crippen LogP contribution >= 0.6 is 0 Å². The summed E-state index contributed by atoms with van der Waals surface area (Å²) in [6.45, 7) is 2.89. The van der Waals surface area contributed by atoms with E-state index in [4.69, 9.17) is 5.73 Å². The topological polar surface area (TPSA) is 46.3 Å². The van der Waals surface area contributed by atoms with Crippen LogP contribution in [0.3, 0.4) is 0 Å². The number of hydrogen-bond acceptors (Lipinski definition) is 2. The van der Waals surface area contributed by atoms with Gasteiger partial charge in [-0.15, -0.1) is 0 Å². The lowest BCUT2D eigenvalue weighted by atomic mass is 9.87. The molecule has 3 nitrogen and oxygen atoms in total. The fourth-order valence-electron chi connectivity index (χ4n) is 3.28. The van der Waals surface area contributed by atoms with Crippen molar-refractivity contribution in [1.29, 1.82) is 0 Å². The molecule has 1 aromatic rings. The van der Waals surface area contributed by atoms with Crippen LogP contribution in [0.25, 0.3) is 0 Å². The Morgan fingerprint density at radius 2 is 2.14 bits per heavy atom. The third kappa shape index (κ3) is 4.07. The Morgan fingerprint density at radius 3 is 2.90 bits per heavy atom. The number of hydrogen-bond donors (Lipinski definition) is 1. The van der Waals surface area contributed by atoms with Crippen LogP contribution in [-0.2, 0) is 11.2 Å². The fourth-order valence-corrected chi connectivity index (χ4v) is 3.28. The van der Waals surface area contributed by atoms with E-state index in [-0.39, 0.29) is 11.9 Å². The second kappa shape index (κ2) is 7.60. The summed E-state index contributed by atoms with van der Waals surface area (Å²) in [5, 5.41) is 0. The van der Waals surface area contributed by atoms with E-state index >= 15 is 0 Å². The summed E-state index contributed by atoms with van der Waals surface area (Å²) in [6.07, 6.45) is 5.97. The SMILES string of the molecule is CC(CCN)CCC(=O)N(C)C1CCCc2ccccc21. The van der Waals surface area contributed by atoms with Gasteiger partial charge in [0.1, 0.15) is 0 Å². The molecule has 0 aliphatic heterocycles. The molecule has 0 spiro atoms. The maximum absolute atomic E-state index is 12.5. The van der Waals surface area contributed by atoms with Crippen molar-refractivity contribution in [2.45, 2.75) is 51.5 Å². The van der Waals surface area contributed by atoms with Gasteiger partial charge in [-0.2, -0.15) is 0 Å². The fraction of sp³-hybridized carbons (Fsp3) is 0.611. The molecule has 2 N–H and O–H groups in total. The highest BCUT2D eigenvalue weighted by Gasteiger charge is 2.26. The van der Waals surface area contributed by atoms with E-state index in [0.717, 1.165) is 25.7 Å². The van der Waals surface area contributed by atoms with E-state index in [9.17, 15) is 4.79 Å². The predicted molar refractivity (Wildman–Crippen MR) is 87.0 cm³/mol. The number of nitrogens with zero attached hydrogens (tertiary/aromatic N) is 1. The molecule has 2 atom stereocenters. The first-order valence-corrected chi connectivity index (χ1v) is 8.17. The Hall–Kier alpha value is -1.35. The molecule has 0 radical (unpaired) electrons. The molecule has 2 rings (SSSR count). The first kappa shape index (κ1) is 16.0. The number of benzene rings is 1. The standard InChI is InChI=1S/C18H28N2O/c1-14(12-13-19)10-11-18(21)20(2)17-9-5-7-15-6-3-4-8-16(15)17/h3-4,6,8,14,17H,5,7,9-13,19H2,1-2H3. The van der Waals surface area contributed by atoms with Crippen molar-refractivity contribution in [3.63, 3.8) is 0 Å². The molecule has 0 heterocycles. The lowest BCUT2D eigenvalue weighted by Gasteiger charge is -2.33. The summed E-state index contributed by atoms with van der Waals surface area (Å²) >= 11 is 0. The van der Waals surface area contributed by atoms with Crippen LogP contribution in [0, 0.1) is 5.92 Å². The minimum absolute atomic E-state index is 0.257. The van der Waals surface area contributed by atoms with Crippen LogP contribution in [0.5, 0.6) is 0 Å². The highest BCUT2D eigenvalue weighted by Crippen LogP contribution is 2.33. The average molecular weight is 288 g/mol. The third-order valence-corrected chi connectivity index (χ3v) is 4.71. The van der Waals surface area contributed by atoms with Crippen LogP contribution in [0.4, 0.5) is 0 Å². The normalized spacial score (nSPS) is 18.9. The molecule has 1 aliphatic carbocycles. The Balaban J connectivity index is 1.97. The summed E-state index contributed by atoms with van der Waals surface area (Å²) in [5.41, 5.74) is 8.32. The molecule has 2 unspecified atom stereocenters. The first-order chi connectivity index (χ1) is 10.1. The van der Waals surface area contributed by atoms with Gasteiger partial charge in [0.25, 0.3) is 0 Å². The molecular weight excluding hydrogens is 260 g/mol. The molecule has 0 bridgehead atoms. The molecule has 3 heteroatoms. The predicted octanol–water partition coefficient (Wildman–Crippen LogP) is 3.29. The number of nitrogens with two attached hydrogens (primary N) is 1. The molecule has 116 valence electrons. The number of carbonyl (C=O) groups excluding carboxylic acids is 1. The Morgan fingerprint density at radius 1 is 1.38 bits per heavy atom.